The number of aromatic nitrogens is 2. The highest BCUT2D eigenvalue weighted by molar-refractivity contribution is 6.30. The maximum atomic E-state index is 8.94. The predicted octanol–water partition coefficient (Wildman–Crippen LogP) is 0.475. The molecule has 1 unspecified atom stereocenters. The van der Waals surface area contributed by atoms with Crippen LogP contribution >= 0.6 is 11.6 Å². The minimum Gasteiger partial charge on any atom is -0.394 e. The molecule has 0 fully saturated rings. The molecule has 1 atom stereocenters. The van der Waals surface area contributed by atoms with Crippen LogP contribution < -0.4 is 5.73 Å². The van der Waals surface area contributed by atoms with Gasteiger partial charge in [-0.2, -0.15) is 0 Å². The fourth-order valence-corrected chi connectivity index (χ4v) is 2.10. The Hall–Kier alpha value is -0.580. The monoisotopic (exact) mass is 201 g/mol. The van der Waals surface area contributed by atoms with Crippen molar-refractivity contribution in [2.24, 2.45) is 5.73 Å². The van der Waals surface area contributed by atoms with Crippen LogP contribution in [0.15, 0.2) is 0 Å². The molecule has 0 aliphatic carbocycles. The van der Waals surface area contributed by atoms with Crippen LogP contribution in [-0.4, -0.2) is 21.3 Å². The number of aliphatic hydroxyl groups is 1. The van der Waals surface area contributed by atoms with Crippen molar-refractivity contribution in [2.75, 3.05) is 6.61 Å². The first-order valence-electron chi connectivity index (χ1n) is 4.35. The Balaban J connectivity index is 2.43. The van der Waals surface area contributed by atoms with Gasteiger partial charge in [-0.3, -0.25) is 0 Å². The molecule has 0 aromatic carbocycles. The van der Waals surface area contributed by atoms with E-state index in [0.717, 1.165) is 30.9 Å². The van der Waals surface area contributed by atoms with Gasteiger partial charge in [-0.05, 0) is 6.42 Å². The summed E-state index contributed by atoms with van der Waals surface area (Å²) in [7, 11) is 0. The third kappa shape index (κ3) is 1.35. The summed E-state index contributed by atoms with van der Waals surface area (Å²) in [4.78, 5) is 4.20. The number of rotatable bonds is 2. The summed E-state index contributed by atoms with van der Waals surface area (Å²) in [6.45, 7) is 0.822. The van der Waals surface area contributed by atoms with E-state index >= 15 is 0 Å². The van der Waals surface area contributed by atoms with Crippen molar-refractivity contribution in [1.29, 1.82) is 0 Å². The fraction of sp³-hybridized carbons (Fsp3) is 0.625. The average Bonchev–Trinajstić information content (AvgIpc) is 2.62. The number of hydrogen-bond donors (Lipinski definition) is 2. The third-order valence-electron chi connectivity index (χ3n) is 2.37. The van der Waals surface area contributed by atoms with Gasteiger partial charge in [0.15, 0.2) is 5.15 Å². The van der Waals surface area contributed by atoms with E-state index in [4.69, 9.17) is 22.4 Å². The number of fused-ring (bicyclic) bond motifs is 1. The first-order chi connectivity index (χ1) is 6.24. The molecule has 0 spiro atoms. The summed E-state index contributed by atoms with van der Waals surface area (Å²) >= 11 is 5.91. The first-order valence-corrected chi connectivity index (χ1v) is 4.73. The van der Waals surface area contributed by atoms with Gasteiger partial charge in [0.1, 0.15) is 5.82 Å². The lowest BCUT2D eigenvalue weighted by atomic mass is 10.2. The van der Waals surface area contributed by atoms with Crippen molar-refractivity contribution in [2.45, 2.75) is 25.4 Å². The van der Waals surface area contributed by atoms with E-state index in [1.165, 1.54) is 0 Å². The molecule has 0 saturated carbocycles. The third-order valence-corrected chi connectivity index (χ3v) is 2.65. The molecule has 0 saturated heterocycles. The van der Waals surface area contributed by atoms with E-state index in [1.54, 1.807) is 0 Å². The van der Waals surface area contributed by atoms with Crippen molar-refractivity contribution in [1.82, 2.24) is 9.55 Å². The fourth-order valence-electron chi connectivity index (χ4n) is 1.76. The Labute approximate surface area is 81.3 Å². The molecular formula is C8H12ClN3O. The maximum absolute atomic E-state index is 8.94. The number of aryl methyl sites for hydroxylation is 1. The molecule has 0 bridgehead atoms. The summed E-state index contributed by atoms with van der Waals surface area (Å²) < 4.78 is 2.02. The van der Waals surface area contributed by atoms with Gasteiger partial charge >= 0.3 is 0 Å². The zero-order chi connectivity index (χ0) is 9.42. The number of aliphatic hydroxyl groups excluding tert-OH is 1. The molecule has 1 aromatic rings. The molecule has 3 N–H and O–H groups in total. The summed E-state index contributed by atoms with van der Waals surface area (Å²) in [5.74, 6) is 0.990. The number of hydrogen-bond acceptors (Lipinski definition) is 3. The van der Waals surface area contributed by atoms with E-state index in [9.17, 15) is 0 Å². The molecule has 1 aliphatic rings. The lowest BCUT2D eigenvalue weighted by molar-refractivity contribution is 0.263. The van der Waals surface area contributed by atoms with E-state index in [1.807, 2.05) is 4.57 Å². The number of nitrogens with zero attached hydrogens (tertiary/aromatic N) is 2. The Morgan fingerprint density at radius 3 is 3.15 bits per heavy atom. The van der Waals surface area contributed by atoms with Crippen LogP contribution in [0.1, 0.15) is 24.0 Å². The van der Waals surface area contributed by atoms with Gasteiger partial charge < -0.3 is 15.4 Å². The standard InChI is InChI=1S/C8H12ClN3O/c9-8-7(5(10)4-13)12-3-1-2-6(12)11-8/h5,13H,1-4,10H2. The molecule has 0 amide bonds. The van der Waals surface area contributed by atoms with Gasteiger partial charge in [0.2, 0.25) is 0 Å². The zero-order valence-electron chi connectivity index (χ0n) is 7.20. The Morgan fingerprint density at radius 2 is 2.46 bits per heavy atom. The van der Waals surface area contributed by atoms with Crippen molar-refractivity contribution in [3.05, 3.63) is 16.7 Å². The van der Waals surface area contributed by atoms with E-state index < -0.39 is 6.04 Å². The smallest absolute Gasteiger partial charge is 0.152 e. The Morgan fingerprint density at radius 1 is 1.69 bits per heavy atom. The van der Waals surface area contributed by atoms with Crippen LogP contribution in [0.25, 0.3) is 0 Å². The SMILES string of the molecule is NC(CO)c1c(Cl)nc2n1CCC2. The van der Waals surface area contributed by atoms with Crippen LogP contribution in [0.5, 0.6) is 0 Å². The first kappa shape index (κ1) is 8.99. The van der Waals surface area contributed by atoms with Crippen LogP contribution in [-0.2, 0) is 13.0 Å². The summed E-state index contributed by atoms with van der Waals surface area (Å²) in [6.07, 6.45) is 2.04. The van der Waals surface area contributed by atoms with Gasteiger partial charge in [0, 0.05) is 13.0 Å². The average molecular weight is 202 g/mol. The molecule has 1 aromatic heterocycles. The predicted molar refractivity (Wildman–Crippen MR) is 49.6 cm³/mol. The highest BCUT2D eigenvalue weighted by Gasteiger charge is 2.23. The summed E-state index contributed by atoms with van der Waals surface area (Å²) in [5.41, 5.74) is 6.49. The number of imidazole rings is 1. The summed E-state index contributed by atoms with van der Waals surface area (Å²) in [6, 6.07) is -0.410. The van der Waals surface area contributed by atoms with Crippen molar-refractivity contribution < 1.29 is 5.11 Å². The van der Waals surface area contributed by atoms with Gasteiger partial charge in [0.25, 0.3) is 0 Å². The minimum absolute atomic E-state index is 0.0924. The molecule has 2 rings (SSSR count). The van der Waals surface area contributed by atoms with Crippen LogP contribution in [0.4, 0.5) is 0 Å². The van der Waals surface area contributed by atoms with E-state index in [0.29, 0.717) is 5.15 Å². The second-order valence-corrected chi connectivity index (χ2v) is 3.61. The van der Waals surface area contributed by atoms with Crippen molar-refractivity contribution in [3.8, 4) is 0 Å². The molecule has 1 aliphatic heterocycles. The van der Waals surface area contributed by atoms with E-state index in [2.05, 4.69) is 4.98 Å². The van der Waals surface area contributed by atoms with Crippen molar-refractivity contribution in [3.63, 3.8) is 0 Å². The van der Waals surface area contributed by atoms with Gasteiger partial charge in [-0.25, -0.2) is 4.98 Å². The molecular weight excluding hydrogens is 190 g/mol. The normalized spacial score (nSPS) is 17.5. The zero-order valence-corrected chi connectivity index (χ0v) is 7.96. The lowest BCUT2D eigenvalue weighted by Crippen LogP contribution is -2.18. The van der Waals surface area contributed by atoms with E-state index in [-0.39, 0.29) is 6.61 Å². The molecule has 0 radical (unpaired) electrons. The Bertz CT molecular complexity index is 323. The largest absolute Gasteiger partial charge is 0.394 e. The molecule has 5 heteroatoms. The van der Waals surface area contributed by atoms with Gasteiger partial charge in [0.05, 0.1) is 18.3 Å². The van der Waals surface area contributed by atoms with Crippen LogP contribution in [0.2, 0.25) is 5.15 Å². The second-order valence-electron chi connectivity index (χ2n) is 3.25. The molecule has 2 heterocycles. The molecule has 13 heavy (non-hydrogen) atoms. The lowest BCUT2D eigenvalue weighted by Gasteiger charge is -2.10. The highest BCUT2D eigenvalue weighted by atomic mass is 35.5. The minimum atomic E-state index is -0.410. The van der Waals surface area contributed by atoms with Gasteiger partial charge in [-0.15, -0.1) is 0 Å². The topological polar surface area (TPSA) is 64.1 Å². The number of nitrogens with two attached hydrogens (primary N) is 1. The second kappa shape index (κ2) is 3.29. The van der Waals surface area contributed by atoms with Crippen molar-refractivity contribution >= 4 is 11.6 Å². The Kier molecular flexibility index (Phi) is 2.27. The number of halogens is 1. The van der Waals surface area contributed by atoms with Crippen LogP contribution in [0.3, 0.4) is 0 Å². The quantitative estimate of drug-likeness (QED) is 0.732. The highest BCUT2D eigenvalue weighted by Crippen LogP contribution is 2.27. The van der Waals surface area contributed by atoms with Gasteiger partial charge in [-0.1, -0.05) is 11.6 Å². The molecule has 72 valence electrons. The maximum Gasteiger partial charge on any atom is 0.152 e. The van der Waals surface area contributed by atoms with Crippen LogP contribution in [0, 0.1) is 0 Å². The summed E-state index contributed by atoms with van der Waals surface area (Å²) in [5, 5.41) is 9.38. The molecule has 4 nitrogen and oxygen atoms in total.